The average molecular weight is 238 g/mol. The largest absolute Gasteiger partial charge is 0.305 e. The molecule has 2 atom stereocenters. The van der Waals surface area contributed by atoms with Crippen molar-refractivity contribution < 1.29 is 4.79 Å². The molecule has 2 aliphatic rings. The van der Waals surface area contributed by atoms with Gasteiger partial charge in [0.1, 0.15) is 5.78 Å². The highest BCUT2D eigenvalue weighted by atomic mass is 16.1. The van der Waals surface area contributed by atoms with E-state index in [4.69, 9.17) is 0 Å². The Morgan fingerprint density at radius 3 is 2.76 bits per heavy atom. The van der Waals surface area contributed by atoms with E-state index in [0.29, 0.717) is 11.8 Å². The Labute approximate surface area is 105 Å². The summed E-state index contributed by atoms with van der Waals surface area (Å²) in [6, 6.07) is 0.787. The molecule has 0 N–H and O–H groups in total. The summed E-state index contributed by atoms with van der Waals surface area (Å²) >= 11 is 0. The van der Waals surface area contributed by atoms with Crippen molar-refractivity contribution in [2.45, 2.75) is 57.0 Å². The minimum Gasteiger partial charge on any atom is -0.305 e. The second-order valence-electron chi connectivity index (χ2n) is 5.81. The zero-order chi connectivity index (χ0) is 12.3. The molecule has 3 heteroatoms. The van der Waals surface area contributed by atoms with Gasteiger partial charge in [0.2, 0.25) is 0 Å². The van der Waals surface area contributed by atoms with E-state index in [2.05, 4.69) is 23.9 Å². The first-order valence-electron chi connectivity index (χ1n) is 7.11. The van der Waals surface area contributed by atoms with Gasteiger partial charge in [-0.2, -0.15) is 0 Å². The van der Waals surface area contributed by atoms with E-state index in [1.807, 2.05) is 0 Å². The Bertz CT molecular complexity index is 267. The molecule has 3 nitrogen and oxygen atoms in total. The van der Waals surface area contributed by atoms with Crippen molar-refractivity contribution >= 4 is 5.78 Å². The first kappa shape index (κ1) is 13.0. The lowest BCUT2D eigenvalue weighted by Gasteiger charge is -2.39. The molecule has 98 valence electrons. The van der Waals surface area contributed by atoms with Crippen LogP contribution in [0.4, 0.5) is 0 Å². The van der Waals surface area contributed by atoms with Gasteiger partial charge in [0, 0.05) is 19.0 Å². The molecule has 1 aliphatic heterocycles. The van der Waals surface area contributed by atoms with Crippen molar-refractivity contribution in [1.82, 2.24) is 9.80 Å². The molecule has 1 aliphatic carbocycles. The van der Waals surface area contributed by atoms with Crippen LogP contribution in [-0.4, -0.2) is 54.9 Å². The van der Waals surface area contributed by atoms with E-state index in [1.54, 1.807) is 0 Å². The van der Waals surface area contributed by atoms with E-state index in [0.717, 1.165) is 25.8 Å². The highest BCUT2D eigenvalue weighted by molar-refractivity contribution is 5.84. The summed E-state index contributed by atoms with van der Waals surface area (Å²) in [6.07, 6.45) is 7.97. The second-order valence-corrected chi connectivity index (χ2v) is 5.81. The normalized spacial score (nSPS) is 32.8. The molecular formula is C14H26N2O. The van der Waals surface area contributed by atoms with Crippen LogP contribution in [0.3, 0.4) is 0 Å². The third-order valence-corrected chi connectivity index (χ3v) is 4.44. The van der Waals surface area contributed by atoms with Crippen LogP contribution in [0, 0.1) is 0 Å². The second kappa shape index (κ2) is 5.96. The van der Waals surface area contributed by atoms with Crippen molar-refractivity contribution in [2.24, 2.45) is 0 Å². The monoisotopic (exact) mass is 238 g/mol. The summed E-state index contributed by atoms with van der Waals surface area (Å²) in [7, 11) is 4.35. The number of carbonyl (C=O) groups is 1. The van der Waals surface area contributed by atoms with Gasteiger partial charge in [-0.3, -0.25) is 9.69 Å². The number of rotatable bonds is 2. The zero-order valence-electron chi connectivity index (χ0n) is 11.3. The van der Waals surface area contributed by atoms with Gasteiger partial charge in [0.25, 0.3) is 0 Å². The lowest BCUT2D eigenvalue weighted by molar-refractivity contribution is -0.124. The standard InChI is InChI=1S/C14H26N2O/c1-15-10-6-7-12(11-15)16(2)13-8-4-3-5-9-14(13)17/h12-13H,3-11H2,1-2H3. The summed E-state index contributed by atoms with van der Waals surface area (Å²) < 4.78 is 0. The van der Waals surface area contributed by atoms with Crippen molar-refractivity contribution in [3.05, 3.63) is 0 Å². The molecule has 1 saturated heterocycles. The van der Waals surface area contributed by atoms with Crippen LogP contribution >= 0.6 is 0 Å². The minimum absolute atomic E-state index is 0.203. The molecule has 0 radical (unpaired) electrons. The molecule has 1 saturated carbocycles. The zero-order valence-corrected chi connectivity index (χ0v) is 11.3. The molecule has 17 heavy (non-hydrogen) atoms. The fourth-order valence-corrected chi connectivity index (χ4v) is 3.30. The highest BCUT2D eigenvalue weighted by Crippen LogP contribution is 2.23. The van der Waals surface area contributed by atoms with Gasteiger partial charge in [-0.15, -0.1) is 0 Å². The molecule has 0 aromatic carbocycles. The van der Waals surface area contributed by atoms with Crippen LogP contribution in [0.15, 0.2) is 0 Å². The van der Waals surface area contributed by atoms with E-state index in [1.165, 1.54) is 32.2 Å². The number of nitrogens with zero attached hydrogens (tertiary/aromatic N) is 2. The molecule has 2 unspecified atom stereocenters. The van der Waals surface area contributed by atoms with E-state index >= 15 is 0 Å². The lowest BCUT2D eigenvalue weighted by Crippen LogP contribution is -2.51. The molecule has 0 aromatic heterocycles. The Morgan fingerprint density at radius 2 is 2.00 bits per heavy atom. The predicted octanol–water partition coefficient (Wildman–Crippen LogP) is 1.91. The smallest absolute Gasteiger partial charge is 0.149 e. The summed E-state index contributed by atoms with van der Waals surface area (Å²) in [5, 5.41) is 0. The summed E-state index contributed by atoms with van der Waals surface area (Å²) in [4.78, 5) is 16.9. The Hall–Kier alpha value is -0.410. The van der Waals surface area contributed by atoms with Crippen LogP contribution in [0.5, 0.6) is 0 Å². The highest BCUT2D eigenvalue weighted by Gasteiger charge is 2.30. The van der Waals surface area contributed by atoms with Gasteiger partial charge >= 0.3 is 0 Å². The maximum Gasteiger partial charge on any atom is 0.149 e. The summed E-state index contributed by atoms with van der Waals surface area (Å²) in [5.41, 5.74) is 0. The Morgan fingerprint density at radius 1 is 1.18 bits per heavy atom. The van der Waals surface area contributed by atoms with Gasteiger partial charge in [0.15, 0.2) is 0 Å². The number of likely N-dealkylation sites (N-methyl/N-ethyl adjacent to an activating group) is 2. The Balaban J connectivity index is 1.96. The van der Waals surface area contributed by atoms with Crippen LogP contribution < -0.4 is 0 Å². The fourth-order valence-electron chi connectivity index (χ4n) is 3.30. The first-order chi connectivity index (χ1) is 8.18. The van der Waals surface area contributed by atoms with Crippen LogP contribution in [-0.2, 0) is 4.79 Å². The topological polar surface area (TPSA) is 23.6 Å². The van der Waals surface area contributed by atoms with Crippen molar-refractivity contribution in [2.75, 3.05) is 27.2 Å². The van der Waals surface area contributed by atoms with E-state index < -0.39 is 0 Å². The molecule has 2 fully saturated rings. The minimum atomic E-state index is 0.203. The third-order valence-electron chi connectivity index (χ3n) is 4.44. The first-order valence-corrected chi connectivity index (χ1v) is 7.11. The maximum atomic E-state index is 12.1. The average Bonchev–Trinajstić information content (AvgIpc) is 2.53. The van der Waals surface area contributed by atoms with Crippen LogP contribution in [0.1, 0.15) is 44.9 Å². The SMILES string of the molecule is CN1CCCC(N(C)C2CCCCCC2=O)C1. The van der Waals surface area contributed by atoms with Gasteiger partial charge in [-0.1, -0.05) is 12.8 Å². The number of hydrogen-bond acceptors (Lipinski definition) is 3. The van der Waals surface area contributed by atoms with Crippen molar-refractivity contribution in [3.8, 4) is 0 Å². The third kappa shape index (κ3) is 3.29. The van der Waals surface area contributed by atoms with Crippen molar-refractivity contribution in [3.63, 3.8) is 0 Å². The quantitative estimate of drug-likeness (QED) is 0.687. The lowest BCUT2D eigenvalue weighted by atomic mass is 9.99. The number of likely N-dealkylation sites (tertiary alicyclic amines) is 1. The summed E-state index contributed by atoms with van der Waals surface area (Å²) in [5.74, 6) is 0.484. The molecule has 0 aromatic rings. The number of carbonyl (C=O) groups excluding carboxylic acids is 1. The van der Waals surface area contributed by atoms with Gasteiger partial charge in [-0.05, 0) is 46.3 Å². The van der Waals surface area contributed by atoms with E-state index in [-0.39, 0.29) is 6.04 Å². The van der Waals surface area contributed by atoms with Crippen LogP contribution in [0.25, 0.3) is 0 Å². The predicted molar refractivity (Wildman–Crippen MR) is 70.2 cm³/mol. The summed E-state index contributed by atoms with van der Waals surface area (Å²) in [6.45, 7) is 2.34. The number of ketones is 1. The molecule has 0 bridgehead atoms. The molecular weight excluding hydrogens is 212 g/mol. The number of piperidine rings is 1. The van der Waals surface area contributed by atoms with Crippen LogP contribution in [0.2, 0.25) is 0 Å². The number of Topliss-reactive ketones (excluding diaryl/α,β-unsaturated/α-hetero) is 1. The molecule has 0 amide bonds. The van der Waals surface area contributed by atoms with Gasteiger partial charge in [-0.25, -0.2) is 0 Å². The number of hydrogen-bond donors (Lipinski definition) is 0. The molecule has 0 spiro atoms. The fraction of sp³-hybridized carbons (Fsp3) is 0.929. The van der Waals surface area contributed by atoms with Gasteiger partial charge < -0.3 is 4.90 Å². The maximum absolute atomic E-state index is 12.1. The van der Waals surface area contributed by atoms with Crippen molar-refractivity contribution in [1.29, 1.82) is 0 Å². The molecule has 1 heterocycles. The Kier molecular flexibility index (Phi) is 4.57. The van der Waals surface area contributed by atoms with Gasteiger partial charge in [0.05, 0.1) is 6.04 Å². The molecule has 2 rings (SSSR count). The van der Waals surface area contributed by atoms with E-state index in [9.17, 15) is 4.79 Å².